The smallest absolute Gasteiger partial charge is 0.0602 e. The van der Waals surface area contributed by atoms with Gasteiger partial charge in [-0.25, -0.2) is 10.4 Å². The van der Waals surface area contributed by atoms with E-state index in [0.29, 0.717) is 6.04 Å². The Bertz CT molecular complexity index is 819. The van der Waals surface area contributed by atoms with Crippen LogP contribution < -0.4 is 5.43 Å². The molecule has 1 aliphatic rings. The third-order valence-corrected chi connectivity index (χ3v) is 5.34. The van der Waals surface area contributed by atoms with Gasteiger partial charge in [0.15, 0.2) is 0 Å². The van der Waals surface area contributed by atoms with E-state index in [9.17, 15) is 0 Å². The van der Waals surface area contributed by atoms with E-state index in [4.69, 9.17) is 0 Å². The van der Waals surface area contributed by atoms with E-state index < -0.39 is 0 Å². The van der Waals surface area contributed by atoms with Crippen LogP contribution in [0.3, 0.4) is 0 Å². The predicted molar refractivity (Wildman–Crippen MR) is 114 cm³/mol. The lowest BCUT2D eigenvalue weighted by molar-refractivity contribution is 0.0707. The molecule has 3 aromatic rings. The summed E-state index contributed by atoms with van der Waals surface area (Å²) in [5.41, 5.74) is 8.43. The van der Waals surface area contributed by atoms with Crippen molar-refractivity contribution in [2.45, 2.75) is 19.5 Å². The monoisotopic (exact) mass is 372 g/mol. The standard InChI is InChI=1S/C24H28N4/c1-20-9-8-14-23(26-20)19-25-28-17-15-27(16-18-28)24(21-10-4-2-5-11-21)22-12-6-3-7-13-22/h2-14,24-25H,15-19H2,1H3. The molecular formula is C24H28N4. The number of nitrogens with one attached hydrogen (secondary N) is 1. The average Bonchev–Trinajstić information content (AvgIpc) is 2.75. The van der Waals surface area contributed by atoms with Gasteiger partial charge in [0, 0.05) is 31.9 Å². The Labute approximate surface area is 167 Å². The Kier molecular flexibility index (Phi) is 6.12. The first-order valence-corrected chi connectivity index (χ1v) is 10.0. The van der Waals surface area contributed by atoms with E-state index in [2.05, 4.69) is 93.1 Å². The zero-order valence-corrected chi connectivity index (χ0v) is 16.5. The minimum absolute atomic E-state index is 0.308. The van der Waals surface area contributed by atoms with Crippen LogP contribution in [0, 0.1) is 6.92 Å². The maximum Gasteiger partial charge on any atom is 0.0602 e. The maximum absolute atomic E-state index is 4.58. The van der Waals surface area contributed by atoms with Gasteiger partial charge in [-0.05, 0) is 30.2 Å². The van der Waals surface area contributed by atoms with Crippen molar-refractivity contribution in [2.75, 3.05) is 26.2 Å². The minimum atomic E-state index is 0.308. The molecule has 4 heteroatoms. The Hall–Kier alpha value is -2.53. The number of hydrogen-bond acceptors (Lipinski definition) is 4. The second-order valence-electron chi connectivity index (χ2n) is 7.35. The Morgan fingerprint density at radius 3 is 1.96 bits per heavy atom. The molecule has 0 saturated carbocycles. The van der Waals surface area contributed by atoms with Crippen molar-refractivity contribution in [3.63, 3.8) is 0 Å². The SMILES string of the molecule is Cc1cccc(CNN2CCN(C(c3ccccc3)c3ccccc3)CC2)n1. The fraction of sp³-hybridized carbons (Fsp3) is 0.292. The number of rotatable bonds is 6. The fourth-order valence-corrected chi connectivity index (χ4v) is 3.91. The first kappa shape index (κ1) is 18.8. The van der Waals surface area contributed by atoms with E-state index in [1.165, 1.54) is 11.1 Å². The molecule has 2 aromatic carbocycles. The number of hydrogen-bond donors (Lipinski definition) is 1. The first-order valence-electron chi connectivity index (χ1n) is 10.0. The van der Waals surface area contributed by atoms with Crippen LogP contribution in [0.2, 0.25) is 0 Å². The lowest BCUT2D eigenvalue weighted by Crippen LogP contribution is -2.52. The lowest BCUT2D eigenvalue weighted by atomic mass is 9.96. The van der Waals surface area contributed by atoms with Crippen LogP contribution in [0.1, 0.15) is 28.6 Å². The van der Waals surface area contributed by atoms with E-state index >= 15 is 0 Å². The second-order valence-corrected chi connectivity index (χ2v) is 7.35. The summed E-state index contributed by atoms with van der Waals surface area (Å²) in [6.07, 6.45) is 0. The highest BCUT2D eigenvalue weighted by molar-refractivity contribution is 5.31. The number of benzene rings is 2. The Balaban J connectivity index is 1.40. The van der Waals surface area contributed by atoms with Crippen LogP contribution in [-0.2, 0) is 6.54 Å². The van der Waals surface area contributed by atoms with Gasteiger partial charge in [0.25, 0.3) is 0 Å². The fourth-order valence-electron chi connectivity index (χ4n) is 3.91. The summed E-state index contributed by atoms with van der Waals surface area (Å²) in [5.74, 6) is 0. The third-order valence-electron chi connectivity index (χ3n) is 5.34. The Morgan fingerprint density at radius 2 is 1.39 bits per heavy atom. The highest BCUT2D eigenvalue weighted by Gasteiger charge is 2.26. The van der Waals surface area contributed by atoms with Crippen molar-refractivity contribution in [3.8, 4) is 0 Å². The van der Waals surface area contributed by atoms with Gasteiger partial charge >= 0.3 is 0 Å². The van der Waals surface area contributed by atoms with Gasteiger partial charge in [0.1, 0.15) is 0 Å². The molecule has 0 radical (unpaired) electrons. The number of aryl methyl sites for hydroxylation is 1. The first-order chi connectivity index (χ1) is 13.8. The van der Waals surface area contributed by atoms with Crippen LogP contribution in [0.15, 0.2) is 78.9 Å². The molecule has 1 N–H and O–H groups in total. The van der Waals surface area contributed by atoms with Gasteiger partial charge in [0.05, 0.1) is 18.3 Å². The van der Waals surface area contributed by atoms with Gasteiger partial charge in [-0.15, -0.1) is 0 Å². The van der Waals surface area contributed by atoms with Gasteiger partial charge in [-0.1, -0.05) is 66.7 Å². The summed E-state index contributed by atoms with van der Waals surface area (Å²) < 4.78 is 0. The number of piperazine rings is 1. The topological polar surface area (TPSA) is 31.4 Å². The molecule has 4 nitrogen and oxygen atoms in total. The molecule has 0 unspecified atom stereocenters. The molecule has 0 aliphatic carbocycles. The van der Waals surface area contributed by atoms with E-state index in [0.717, 1.165) is 44.1 Å². The van der Waals surface area contributed by atoms with E-state index in [1.807, 2.05) is 13.0 Å². The maximum atomic E-state index is 4.58. The average molecular weight is 373 g/mol. The highest BCUT2D eigenvalue weighted by atomic mass is 15.5. The molecule has 1 saturated heterocycles. The summed E-state index contributed by atoms with van der Waals surface area (Å²) in [7, 11) is 0. The minimum Gasteiger partial charge on any atom is -0.290 e. The van der Waals surface area contributed by atoms with E-state index in [-0.39, 0.29) is 0 Å². The third kappa shape index (κ3) is 4.65. The molecular weight excluding hydrogens is 344 g/mol. The van der Waals surface area contributed by atoms with Crippen LogP contribution in [-0.4, -0.2) is 41.1 Å². The van der Waals surface area contributed by atoms with Crippen LogP contribution in [0.5, 0.6) is 0 Å². The molecule has 4 rings (SSSR count). The quantitative estimate of drug-likeness (QED) is 0.713. The number of nitrogens with zero attached hydrogens (tertiary/aromatic N) is 3. The molecule has 28 heavy (non-hydrogen) atoms. The molecule has 1 aliphatic heterocycles. The van der Waals surface area contributed by atoms with Gasteiger partial charge in [-0.3, -0.25) is 9.88 Å². The van der Waals surface area contributed by atoms with Gasteiger partial charge in [-0.2, -0.15) is 0 Å². The largest absolute Gasteiger partial charge is 0.290 e. The molecule has 0 atom stereocenters. The molecule has 144 valence electrons. The van der Waals surface area contributed by atoms with Crippen molar-refractivity contribution >= 4 is 0 Å². The molecule has 0 spiro atoms. The van der Waals surface area contributed by atoms with Crippen molar-refractivity contribution in [2.24, 2.45) is 0 Å². The summed E-state index contributed by atoms with van der Waals surface area (Å²) >= 11 is 0. The molecule has 2 heterocycles. The lowest BCUT2D eigenvalue weighted by Gasteiger charge is -2.39. The number of aromatic nitrogens is 1. The molecule has 0 bridgehead atoms. The zero-order valence-electron chi connectivity index (χ0n) is 16.5. The number of pyridine rings is 1. The molecule has 1 aromatic heterocycles. The summed E-state index contributed by atoms with van der Waals surface area (Å²) in [5, 5.41) is 2.33. The normalized spacial score (nSPS) is 15.8. The van der Waals surface area contributed by atoms with Gasteiger partial charge < -0.3 is 0 Å². The van der Waals surface area contributed by atoms with Crippen molar-refractivity contribution in [1.82, 2.24) is 20.3 Å². The van der Waals surface area contributed by atoms with Crippen LogP contribution >= 0.6 is 0 Å². The molecule has 0 amide bonds. The molecule has 1 fully saturated rings. The van der Waals surface area contributed by atoms with Crippen molar-refractivity contribution in [3.05, 3.63) is 101 Å². The number of hydrazine groups is 1. The van der Waals surface area contributed by atoms with E-state index in [1.54, 1.807) is 0 Å². The van der Waals surface area contributed by atoms with Gasteiger partial charge in [0.2, 0.25) is 0 Å². The zero-order chi connectivity index (χ0) is 19.2. The summed E-state index contributed by atoms with van der Waals surface area (Å²) in [6.45, 7) is 6.88. The van der Waals surface area contributed by atoms with Crippen molar-refractivity contribution < 1.29 is 0 Å². The van der Waals surface area contributed by atoms with Crippen molar-refractivity contribution in [1.29, 1.82) is 0 Å². The summed E-state index contributed by atoms with van der Waals surface area (Å²) in [6, 6.07) is 28.2. The Morgan fingerprint density at radius 1 is 0.786 bits per heavy atom. The van der Waals surface area contributed by atoms with Crippen LogP contribution in [0.25, 0.3) is 0 Å². The summed E-state index contributed by atoms with van der Waals surface area (Å²) in [4.78, 5) is 7.17. The highest BCUT2D eigenvalue weighted by Crippen LogP contribution is 2.29. The van der Waals surface area contributed by atoms with Crippen LogP contribution in [0.4, 0.5) is 0 Å². The predicted octanol–water partition coefficient (Wildman–Crippen LogP) is 3.80. The second kappa shape index (κ2) is 9.11.